The molecule has 5 aromatic carbocycles. The van der Waals surface area contributed by atoms with E-state index in [9.17, 15) is 9.59 Å². The minimum Gasteiger partial charge on any atom is -0.301 e. The quantitative estimate of drug-likeness (QED) is 0.176. The first-order valence-corrected chi connectivity index (χ1v) is 13.3. The van der Waals surface area contributed by atoms with Gasteiger partial charge >= 0.3 is 0 Å². The summed E-state index contributed by atoms with van der Waals surface area (Å²) in [5.74, 6) is -0.416. The third-order valence-corrected chi connectivity index (χ3v) is 8.06. The highest BCUT2D eigenvalue weighted by Crippen LogP contribution is 2.45. The summed E-state index contributed by atoms with van der Waals surface area (Å²) in [6.45, 7) is 0. The van der Waals surface area contributed by atoms with Crippen molar-refractivity contribution in [3.05, 3.63) is 143 Å². The second kappa shape index (κ2) is 8.94. The highest BCUT2D eigenvalue weighted by molar-refractivity contribution is 7.17. The zero-order valence-electron chi connectivity index (χ0n) is 20.3. The van der Waals surface area contributed by atoms with Gasteiger partial charge in [0.25, 0.3) is 0 Å². The van der Waals surface area contributed by atoms with Crippen LogP contribution < -0.4 is 4.90 Å². The lowest BCUT2D eigenvalue weighted by Gasteiger charge is -2.26. The zero-order chi connectivity index (χ0) is 25.6. The summed E-state index contributed by atoms with van der Waals surface area (Å²) in [7, 11) is 0. The van der Waals surface area contributed by atoms with Crippen LogP contribution in [0.5, 0.6) is 0 Å². The lowest BCUT2D eigenvalue weighted by molar-refractivity contribution is 0.0990. The SMILES string of the molecule is O=C1C(=Cc2ccc(N(c3cccc4ccccc34)c3cccc4ccccc34)s2)C(=O)c2ccccc21. The molecule has 0 N–H and O–H groups in total. The first kappa shape index (κ1) is 22.4. The van der Waals surface area contributed by atoms with E-state index in [4.69, 9.17) is 0 Å². The van der Waals surface area contributed by atoms with E-state index in [1.54, 1.807) is 41.7 Å². The van der Waals surface area contributed by atoms with Crippen LogP contribution in [0.3, 0.4) is 0 Å². The second-order valence-corrected chi connectivity index (χ2v) is 10.4. The van der Waals surface area contributed by atoms with Gasteiger partial charge in [-0.1, -0.05) is 97.1 Å². The standard InChI is InChI=1S/C34H21NO2S/c36-33-27-15-5-6-16-28(27)34(37)29(33)21-24-19-20-32(38-24)35(30-17-7-11-22-9-1-3-13-25(22)30)31-18-8-12-23-10-2-4-14-26(23)31/h1-21H. The maximum Gasteiger partial charge on any atom is 0.197 e. The van der Waals surface area contributed by atoms with Crippen LogP contribution in [0.1, 0.15) is 25.6 Å². The number of hydrogen-bond donors (Lipinski definition) is 0. The predicted molar refractivity (Wildman–Crippen MR) is 157 cm³/mol. The fraction of sp³-hybridized carbons (Fsp3) is 0. The van der Waals surface area contributed by atoms with E-state index in [1.807, 2.05) is 6.07 Å². The number of carbonyl (C=O) groups excluding carboxylic acids is 2. The molecule has 1 heterocycles. The van der Waals surface area contributed by atoms with Crippen molar-refractivity contribution in [2.75, 3.05) is 4.90 Å². The van der Waals surface area contributed by atoms with Crippen LogP contribution in [0, 0.1) is 0 Å². The Morgan fingerprint density at radius 3 is 1.61 bits per heavy atom. The van der Waals surface area contributed by atoms with Crippen LogP contribution in [0.15, 0.2) is 127 Å². The number of Topliss-reactive ketones (excluding diaryl/α,β-unsaturated/α-hetero) is 2. The molecule has 0 bridgehead atoms. The highest BCUT2D eigenvalue weighted by Gasteiger charge is 2.32. The number of thiophene rings is 1. The Morgan fingerprint density at radius 1 is 0.526 bits per heavy atom. The molecule has 1 aromatic heterocycles. The molecule has 6 aromatic rings. The topological polar surface area (TPSA) is 37.4 Å². The average molecular weight is 508 g/mol. The number of fused-ring (bicyclic) bond motifs is 3. The molecule has 0 spiro atoms. The first-order valence-electron chi connectivity index (χ1n) is 12.4. The smallest absolute Gasteiger partial charge is 0.197 e. The van der Waals surface area contributed by atoms with Gasteiger partial charge in [-0.25, -0.2) is 0 Å². The lowest BCUT2D eigenvalue weighted by atomic mass is 10.0. The van der Waals surface area contributed by atoms with E-state index in [1.165, 1.54) is 0 Å². The second-order valence-electron chi connectivity index (χ2n) is 9.27. The number of carbonyl (C=O) groups is 2. The molecule has 1 aliphatic rings. The van der Waals surface area contributed by atoms with Gasteiger partial charge in [-0.3, -0.25) is 9.59 Å². The van der Waals surface area contributed by atoms with Crippen molar-refractivity contribution < 1.29 is 9.59 Å². The molecule has 1 aliphatic carbocycles. The lowest BCUT2D eigenvalue weighted by Crippen LogP contribution is -2.09. The molecule has 38 heavy (non-hydrogen) atoms. The Hall–Kier alpha value is -4.80. The highest BCUT2D eigenvalue weighted by atomic mass is 32.1. The minimum atomic E-state index is -0.208. The van der Waals surface area contributed by atoms with Crippen LogP contribution in [0.4, 0.5) is 16.4 Å². The van der Waals surface area contributed by atoms with Crippen molar-refractivity contribution in [1.29, 1.82) is 0 Å². The van der Waals surface area contributed by atoms with E-state index in [0.29, 0.717) is 11.1 Å². The molecule has 180 valence electrons. The van der Waals surface area contributed by atoms with Gasteiger partial charge in [0, 0.05) is 26.8 Å². The summed E-state index contributed by atoms with van der Waals surface area (Å²) in [5.41, 5.74) is 3.32. The average Bonchev–Trinajstić information content (AvgIpc) is 3.52. The molecule has 0 fully saturated rings. The molecule has 0 unspecified atom stereocenters. The van der Waals surface area contributed by atoms with Crippen LogP contribution >= 0.6 is 11.3 Å². The van der Waals surface area contributed by atoms with Gasteiger partial charge in [-0.05, 0) is 41.1 Å². The van der Waals surface area contributed by atoms with Crippen molar-refractivity contribution in [3.8, 4) is 0 Å². The van der Waals surface area contributed by atoms with Crippen LogP contribution in [0.2, 0.25) is 0 Å². The Balaban J connectivity index is 1.40. The summed E-state index contributed by atoms with van der Waals surface area (Å²) in [6.07, 6.45) is 1.74. The molecule has 0 atom stereocenters. The maximum absolute atomic E-state index is 13.0. The van der Waals surface area contributed by atoms with E-state index in [2.05, 4.69) is 95.9 Å². The molecular weight excluding hydrogens is 486 g/mol. The van der Waals surface area contributed by atoms with Gasteiger partial charge in [0.1, 0.15) is 5.00 Å². The Morgan fingerprint density at radius 2 is 1.03 bits per heavy atom. The molecular formula is C34H21NO2S. The third kappa shape index (κ3) is 3.58. The van der Waals surface area contributed by atoms with Gasteiger partial charge in [-0.15, -0.1) is 11.3 Å². The maximum atomic E-state index is 13.0. The molecule has 3 nitrogen and oxygen atoms in total. The molecule has 0 saturated heterocycles. The van der Waals surface area contributed by atoms with Crippen LogP contribution in [-0.2, 0) is 0 Å². The summed E-state index contributed by atoms with van der Waals surface area (Å²) in [6, 6.07) is 40.5. The molecule has 0 radical (unpaired) electrons. The summed E-state index contributed by atoms with van der Waals surface area (Å²) in [4.78, 5) is 29.1. The molecule has 4 heteroatoms. The minimum absolute atomic E-state index is 0.208. The Labute approximate surface area is 223 Å². The number of nitrogens with zero attached hydrogens (tertiary/aromatic N) is 1. The summed E-state index contributed by atoms with van der Waals surface area (Å²) < 4.78 is 0. The third-order valence-electron chi connectivity index (χ3n) is 7.04. The van der Waals surface area contributed by atoms with Gasteiger partial charge in [0.05, 0.1) is 16.9 Å². The molecule has 7 rings (SSSR count). The van der Waals surface area contributed by atoms with Gasteiger partial charge in [0.15, 0.2) is 11.6 Å². The Bertz CT molecular complexity index is 1800. The fourth-order valence-corrected chi connectivity index (χ4v) is 6.24. The summed E-state index contributed by atoms with van der Waals surface area (Å²) >= 11 is 1.56. The van der Waals surface area contributed by atoms with E-state index in [0.717, 1.165) is 42.8 Å². The summed E-state index contributed by atoms with van der Waals surface area (Å²) in [5, 5.41) is 5.61. The molecule has 0 aliphatic heterocycles. The fourth-order valence-electron chi connectivity index (χ4n) is 5.26. The van der Waals surface area contributed by atoms with E-state index in [-0.39, 0.29) is 17.1 Å². The van der Waals surface area contributed by atoms with Gasteiger partial charge in [-0.2, -0.15) is 0 Å². The largest absolute Gasteiger partial charge is 0.301 e. The molecule has 0 saturated carbocycles. The monoisotopic (exact) mass is 507 g/mol. The Kier molecular flexibility index (Phi) is 5.27. The predicted octanol–water partition coefficient (Wildman–Crippen LogP) is 8.99. The van der Waals surface area contributed by atoms with Crippen molar-refractivity contribution in [2.45, 2.75) is 0 Å². The number of rotatable bonds is 4. The number of benzene rings is 5. The number of allylic oxidation sites excluding steroid dienone is 1. The normalized spacial score (nSPS) is 12.8. The number of ketones is 2. The number of anilines is 3. The number of hydrogen-bond acceptors (Lipinski definition) is 4. The molecule has 0 amide bonds. The van der Waals surface area contributed by atoms with Crippen molar-refractivity contribution >= 4 is 66.9 Å². The van der Waals surface area contributed by atoms with Gasteiger partial charge < -0.3 is 4.90 Å². The van der Waals surface area contributed by atoms with E-state index >= 15 is 0 Å². The zero-order valence-corrected chi connectivity index (χ0v) is 21.1. The van der Waals surface area contributed by atoms with Crippen molar-refractivity contribution in [3.63, 3.8) is 0 Å². The first-order chi connectivity index (χ1) is 18.7. The van der Waals surface area contributed by atoms with Crippen molar-refractivity contribution in [2.24, 2.45) is 0 Å². The van der Waals surface area contributed by atoms with Crippen molar-refractivity contribution in [1.82, 2.24) is 0 Å². The van der Waals surface area contributed by atoms with Crippen LogP contribution in [-0.4, -0.2) is 11.6 Å². The van der Waals surface area contributed by atoms with Crippen LogP contribution in [0.25, 0.3) is 27.6 Å². The van der Waals surface area contributed by atoms with Gasteiger partial charge in [0.2, 0.25) is 0 Å². The van der Waals surface area contributed by atoms with E-state index < -0.39 is 0 Å².